The topological polar surface area (TPSA) is 40.5 Å². The van der Waals surface area contributed by atoms with Gasteiger partial charge in [-0.25, -0.2) is 0 Å². The summed E-state index contributed by atoms with van der Waals surface area (Å²) in [6.45, 7) is 10.6. The van der Waals surface area contributed by atoms with E-state index in [1.165, 1.54) is 0 Å². The van der Waals surface area contributed by atoms with Gasteiger partial charge in [-0.3, -0.25) is 0 Å². The van der Waals surface area contributed by atoms with Crippen LogP contribution >= 0.6 is 0 Å². The van der Waals surface area contributed by atoms with Crippen LogP contribution in [0.4, 0.5) is 0 Å². The molecule has 0 bridgehead atoms. The lowest BCUT2D eigenvalue weighted by atomic mass is 9.53. The van der Waals surface area contributed by atoms with Gasteiger partial charge in [-0.1, -0.05) is 32.9 Å². The third kappa shape index (κ3) is 1.96. The molecule has 2 saturated carbocycles. The van der Waals surface area contributed by atoms with E-state index in [4.69, 9.17) is 0 Å². The molecule has 0 aromatic carbocycles. The normalized spacial score (nSPS) is 47.1. The molecule has 0 spiro atoms. The van der Waals surface area contributed by atoms with Crippen LogP contribution in [0.5, 0.6) is 0 Å². The summed E-state index contributed by atoms with van der Waals surface area (Å²) in [7, 11) is 0. The van der Waals surface area contributed by atoms with Gasteiger partial charge in [0.1, 0.15) is 0 Å². The Kier molecular flexibility index (Phi) is 3.39. The van der Waals surface area contributed by atoms with E-state index in [1.54, 1.807) is 0 Å². The third-order valence-electron chi connectivity index (χ3n) is 5.30. The van der Waals surface area contributed by atoms with Crippen molar-refractivity contribution in [3.8, 4) is 0 Å². The SMILES string of the molecule is C=C1CC[C@@H](O)[C@]2(C)CC[C@H](C(C)C)[C@H](O)[C@H]12. The molecule has 2 fully saturated rings. The average Bonchev–Trinajstić information content (AvgIpc) is 2.23. The smallest absolute Gasteiger partial charge is 0.0642 e. The fraction of sp³-hybridized carbons (Fsp3) is 0.867. The van der Waals surface area contributed by atoms with Crippen LogP contribution < -0.4 is 0 Å². The van der Waals surface area contributed by atoms with Crippen molar-refractivity contribution >= 4 is 0 Å². The minimum atomic E-state index is -0.323. The number of aliphatic hydroxyl groups is 2. The Hall–Kier alpha value is -0.340. The van der Waals surface area contributed by atoms with Crippen molar-refractivity contribution < 1.29 is 10.2 Å². The molecular formula is C15H26O2. The van der Waals surface area contributed by atoms with E-state index in [0.717, 1.165) is 31.3 Å². The molecule has 2 aliphatic rings. The molecule has 0 aromatic rings. The van der Waals surface area contributed by atoms with Gasteiger partial charge in [0.2, 0.25) is 0 Å². The molecule has 2 aliphatic carbocycles. The molecule has 0 radical (unpaired) electrons. The second kappa shape index (κ2) is 4.40. The molecule has 5 atom stereocenters. The number of fused-ring (bicyclic) bond motifs is 1. The minimum Gasteiger partial charge on any atom is -0.393 e. The first-order valence-corrected chi connectivity index (χ1v) is 6.91. The molecule has 0 amide bonds. The molecule has 0 heterocycles. The molecule has 0 aromatic heterocycles. The van der Waals surface area contributed by atoms with Gasteiger partial charge in [0.15, 0.2) is 0 Å². The molecule has 98 valence electrons. The standard InChI is InChI=1S/C15H26O2/c1-9(2)11-7-8-15(4)12(16)6-5-10(3)13(15)14(11)17/h9,11-14,16-17H,3,5-8H2,1-2,4H3/t11-,12-,13+,14+,15+/m1/s1. The van der Waals surface area contributed by atoms with E-state index in [-0.39, 0.29) is 23.5 Å². The van der Waals surface area contributed by atoms with Crippen LogP contribution in [0, 0.1) is 23.2 Å². The van der Waals surface area contributed by atoms with Crippen LogP contribution in [-0.4, -0.2) is 22.4 Å². The summed E-state index contributed by atoms with van der Waals surface area (Å²) < 4.78 is 0. The Labute approximate surface area is 105 Å². The van der Waals surface area contributed by atoms with Gasteiger partial charge in [-0.05, 0) is 37.5 Å². The molecular weight excluding hydrogens is 212 g/mol. The van der Waals surface area contributed by atoms with Gasteiger partial charge in [0, 0.05) is 11.3 Å². The lowest BCUT2D eigenvalue weighted by Crippen LogP contribution is -2.54. The summed E-state index contributed by atoms with van der Waals surface area (Å²) in [5.74, 6) is 0.948. The van der Waals surface area contributed by atoms with E-state index in [2.05, 4.69) is 27.4 Å². The predicted octanol–water partition coefficient (Wildman–Crippen LogP) is 2.75. The Morgan fingerprint density at radius 2 is 1.94 bits per heavy atom. The first-order valence-electron chi connectivity index (χ1n) is 6.91. The summed E-state index contributed by atoms with van der Waals surface area (Å²) in [6.07, 6.45) is 3.11. The van der Waals surface area contributed by atoms with Crippen LogP contribution in [0.3, 0.4) is 0 Å². The first kappa shape index (κ1) is 13.1. The Balaban J connectivity index is 2.29. The largest absolute Gasteiger partial charge is 0.393 e. The molecule has 0 saturated heterocycles. The van der Waals surface area contributed by atoms with E-state index in [9.17, 15) is 10.2 Å². The fourth-order valence-electron chi connectivity index (χ4n) is 4.06. The van der Waals surface area contributed by atoms with Crippen molar-refractivity contribution in [3.63, 3.8) is 0 Å². The first-order chi connectivity index (χ1) is 7.88. The minimum absolute atomic E-state index is 0.0902. The van der Waals surface area contributed by atoms with Gasteiger partial charge in [-0.2, -0.15) is 0 Å². The second-order valence-electron chi connectivity index (χ2n) is 6.63. The second-order valence-corrected chi connectivity index (χ2v) is 6.63. The highest BCUT2D eigenvalue weighted by atomic mass is 16.3. The van der Waals surface area contributed by atoms with Crippen molar-refractivity contribution in [2.24, 2.45) is 23.2 Å². The molecule has 2 nitrogen and oxygen atoms in total. The lowest BCUT2D eigenvalue weighted by Gasteiger charge is -2.54. The van der Waals surface area contributed by atoms with E-state index in [0.29, 0.717) is 11.8 Å². The third-order valence-corrected chi connectivity index (χ3v) is 5.30. The Morgan fingerprint density at radius 3 is 2.53 bits per heavy atom. The van der Waals surface area contributed by atoms with Crippen molar-refractivity contribution in [1.82, 2.24) is 0 Å². The average molecular weight is 238 g/mol. The zero-order chi connectivity index (χ0) is 12.8. The quantitative estimate of drug-likeness (QED) is 0.690. The number of aliphatic hydroxyl groups excluding tert-OH is 2. The summed E-state index contributed by atoms with van der Waals surface area (Å²) in [5, 5.41) is 20.9. The monoisotopic (exact) mass is 238 g/mol. The summed E-state index contributed by atoms with van der Waals surface area (Å²) in [6, 6.07) is 0. The zero-order valence-corrected chi connectivity index (χ0v) is 11.3. The van der Waals surface area contributed by atoms with Crippen molar-refractivity contribution in [3.05, 3.63) is 12.2 Å². The summed E-state index contributed by atoms with van der Waals surface area (Å²) in [5.41, 5.74) is 0.996. The summed E-state index contributed by atoms with van der Waals surface area (Å²) >= 11 is 0. The van der Waals surface area contributed by atoms with Gasteiger partial charge < -0.3 is 10.2 Å². The van der Waals surface area contributed by atoms with Crippen molar-refractivity contribution in [2.45, 2.75) is 58.7 Å². The Morgan fingerprint density at radius 1 is 1.29 bits per heavy atom. The molecule has 17 heavy (non-hydrogen) atoms. The van der Waals surface area contributed by atoms with Gasteiger partial charge in [-0.15, -0.1) is 0 Å². The van der Waals surface area contributed by atoms with Gasteiger partial charge >= 0.3 is 0 Å². The molecule has 2 N–H and O–H groups in total. The highest BCUT2D eigenvalue weighted by molar-refractivity contribution is 5.17. The highest BCUT2D eigenvalue weighted by Gasteiger charge is 2.52. The maximum atomic E-state index is 10.6. The lowest BCUT2D eigenvalue weighted by molar-refractivity contribution is -0.120. The van der Waals surface area contributed by atoms with Crippen molar-refractivity contribution in [2.75, 3.05) is 0 Å². The van der Waals surface area contributed by atoms with Crippen LogP contribution in [0.1, 0.15) is 46.5 Å². The molecule has 0 aliphatic heterocycles. The van der Waals surface area contributed by atoms with Gasteiger partial charge in [0.05, 0.1) is 12.2 Å². The zero-order valence-electron chi connectivity index (χ0n) is 11.3. The van der Waals surface area contributed by atoms with Gasteiger partial charge in [0.25, 0.3) is 0 Å². The number of hydrogen-bond acceptors (Lipinski definition) is 2. The van der Waals surface area contributed by atoms with Crippen LogP contribution in [0.25, 0.3) is 0 Å². The maximum absolute atomic E-state index is 10.6. The van der Waals surface area contributed by atoms with Crippen LogP contribution in [-0.2, 0) is 0 Å². The molecule has 0 unspecified atom stereocenters. The van der Waals surface area contributed by atoms with Crippen molar-refractivity contribution in [1.29, 1.82) is 0 Å². The predicted molar refractivity (Wildman–Crippen MR) is 69.5 cm³/mol. The van der Waals surface area contributed by atoms with Crippen LogP contribution in [0.2, 0.25) is 0 Å². The molecule has 2 rings (SSSR count). The van der Waals surface area contributed by atoms with E-state index >= 15 is 0 Å². The van der Waals surface area contributed by atoms with E-state index < -0.39 is 0 Å². The van der Waals surface area contributed by atoms with E-state index in [1.807, 2.05) is 0 Å². The number of rotatable bonds is 1. The highest BCUT2D eigenvalue weighted by Crippen LogP contribution is 2.54. The Bertz CT molecular complexity index is 310. The maximum Gasteiger partial charge on any atom is 0.0642 e. The number of hydrogen-bond donors (Lipinski definition) is 2. The van der Waals surface area contributed by atoms with Crippen LogP contribution in [0.15, 0.2) is 12.2 Å². The molecule has 2 heteroatoms. The summed E-state index contributed by atoms with van der Waals surface area (Å²) in [4.78, 5) is 0. The fourth-order valence-corrected chi connectivity index (χ4v) is 4.06.